The van der Waals surface area contributed by atoms with E-state index in [1.54, 1.807) is 0 Å². The van der Waals surface area contributed by atoms with Gasteiger partial charge in [-0.15, -0.1) is 0 Å². The van der Waals surface area contributed by atoms with Crippen LogP contribution >= 0.6 is 0 Å². The van der Waals surface area contributed by atoms with Crippen molar-refractivity contribution in [3.05, 3.63) is 35.5 Å². The lowest BCUT2D eigenvalue weighted by atomic mass is 10.1. The molecule has 17 heavy (non-hydrogen) atoms. The summed E-state index contributed by atoms with van der Waals surface area (Å²) in [6.07, 6.45) is 4.36. The topological polar surface area (TPSA) is 14.2 Å². The zero-order valence-electron chi connectivity index (χ0n) is 11.0. The monoisotopic (exact) mass is 231 g/mol. The molecular weight excluding hydrogens is 210 g/mol. The minimum Gasteiger partial charge on any atom is -0.361 e. The van der Waals surface area contributed by atoms with Crippen LogP contribution in [0.3, 0.4) is 0 Å². The summed E-state index contributed by atoms with van der Waals surface area (Å²) >= 11 is 0. The number of rotatable bonds is 5. The van der Waals surface area contributed by atoms with Crippen LogP contribution in [0, 0.1) is 6.92 Å². The van der Waals surface area contributed by atoms with E-state index < -0.39 is 0 Å². The second-order valence-electron chi connectivity index (χ2n) is 4.54. The van der Waals surface area contributed by atoms with Crippen LogP contribution in [0.25, 0.3) is 10.9 Å². The van der Waals surface area contributed by atoms with Crippen LogP contribution in [0.2, 0.25) is 0 Å². The molecule has 1 aromatic heterocycles. The normalized spacial score (nSPS) is 11.2. The summed E-state index contributed by atoms with van der Waals surface area (Å²) < 4.78 is 7.86. The Bertz CT molecular complexity index is 499. The lowest BCUT2D eigenvalue weighted by Gasteiger charge is -2.06. The molecule has 2 aromatic rings. The van der Waals surface area contributed by atoms with Crippen LogP contribution in [-0.4, -0.2) is 11.2 Å². The number of aromatic nitrogens is 1. The molecule has 1 aromatic carbocycles. The molecule has 0 atom stereocenters. The Balaban J connectivity index is 2.36. The Hall–Kier alpha value is -1.28. The Morgan fingerprint density at radius 2 is 2.06 bits per heavy atom. The summed E-state index contributed by atoms with van der Waals surface area (Å²) in [6, 6.07) is 6.64. The fraction of sp³-hybridized carbons (Fsp3) is 0.467. The number of hydrogen-bond donors (Lipinski definition) is 0. The number of fused-ring (bicyclic) bond motifs is 1. The molecule has 0 saturated carbocycles. The van der Waals surface area contributed by atoms with E-state index in [1.807, 2.05) is 0 Å². The number of ether oxygens (including phenoxy) is 1. The van der Waals surface area contributed by atoms with E-state index in [0.717, 1.165) is 19.4 Å². The van der Waals surface area contributed by atoms with E-state index in [9.17, 15) is 0 Å². The maximum atomic E-state index is 5.64. The molecule has 0 aliphatic rings. The van der Waals surface area contributed by atoms with Crippen molar-refractivity contribution in [3.8, 4) is 0 Å². The molecular formula is C15H21NO. The molecule has 2 rings (SSSR count). The molecule has 0 radical (unpaired) electrons. The van der Waals surface area contributed by atoms with Gasteiger partial charge in [-0.1, -0.05) is 26.0 Å². The predicted octanol–water partition coefficient (Wildman–Crippen LogP) is 3.90. The summed E-state index contributed by atoms with van der Waals surface area (Å²) in [5.74, 6) is 0. The summed E-state index contributed by atoms with van der Waals surface area (Å²) in [6.45, 7) is 7.96. The highest BCUT2D eigenvalue weighted by atomic mass is 16.5. The molecule has 0 unspecified atom stereocenters. The Morgan fingerprint density at radius 3 is 2.76 bits per heavy atom. The minimum atomic E-state index is 0.661. The third kappa shape index (κ3) is 2.52. The van der Waals surface area contributed by atoms with Crippen LogP contribution in [0.1, 0.15) is 31.4 Å². The Kier molecular flexibility index (Phi) is 3.85. The van der Waals surface area contributed by atoms with Crippen molar-refractivity contribution in [2.45, 2.75) is 40.3 Å². The third-order valence-corrected chi connectivity index (χ3v) is 3.08. The largest absolute Gasteiger partial charge is 0.361 e. The SMILES string of the molecule is CCCOCn1cc(CC)c2ccc(C)cc21. The van der Waals surface area contributed by atoms with Crippen molar-refractivity contribution < 1.29 is 4.74 Å². The first-order valence-electron chi connectivity index (χ1n) is 6.42. The minimum absolute atomic E-state index is 0.661. The van der Waals surface area contributed by atoms with Gasteiger partial charge in [-0.2, -0.15) is 0 Å². The van der Waals surface area contributed by atoms with E-state index >= 15 is 0 Å². The van der Waals surface area contributed by atoms with Crippen molar-refractivity contribution >= 4 is 10.9 Å². The number of benzene rings is 1. The zero-order chi connectivity index (χ0) is 12.3. The summed E-state index contributed by atoms with van der Waals surface area (Å²) in [5, 5.41) is 1.36. The molecule has 1 heterocycles. The van der Waals surface area contributed by atoms with Crippen molar-refractivity contribution in [1.29, 1.82) is 0 Å². The van der Waals surface area contributed by atoms with Crippen LogP contribution in [0.4, 0.5) is 0 Å². The average molecular weight is 231 g/mol. The first kappa shape index (κ1) is 12.2. The molecule has 0 N–H and O–H groups in total. The molecule has 0 bridgehead atoms. The van der Waals surface area contributed by atoms with Gasteiger partial charge in [-0.25, -0.2) is 0 Å². The van der Waals surface area contributed by atoms with Gasteiger partial charge in [0.2, 0.25) is 0 Å². The van der Waals surface area contributed by atoms with Gasteiger partial charge in [-0.05, 0) is 37.0 Å². The molecule has 2 nitrogen and oxygen atoms in total. The standard InChI is InChI=1S/C15H21NO/c1-4-8-17-11-16-10-13(5-2)14-7-6-12(3)9-15(14)16/h6-7,9-10H,4-5,8,11H2,1-3H3. The summed E-state index contributed by atoms with van der Waals surface area (Å²) in [5.41, 5.74) is 3.99. The molecule has 0 amide bonds. The van der Waals surface area contributed by atoms with E-state index in [4.69, 9.17) is 4.74 Å². The zero-order valence-corrected chi connectivity index (χ0v) is 11.0. The van der Waals surface area contributed by atoms with E-state index in [0.29, 0.717) is 6.73 Å². The van der Waals surface area contributed by atoms with Crippen molar-refractivity contribution in [2.24, 2.45) is 0 Å². The van der Waals surface area contributed by atoms with Crippen molar-refractivity contribution in [1.82, 2.24) is 4.57 Å². The Labute approximate surface area is 103 Å². The number of nitrogens with zero attached hydrogens (tertiary/aromatic N) is 1. The van der Waals surface area contributed by atoms with Gasteiger partial charge in [-0.3, -0.25) is 0 Å². The lowest BCUT2D eigenvalue weighted by Crippen LogP contribution is -2.01. The first-order valence-corrected chi connectivity index (χ1v) is 6.42. The fourth-order valence-corrected chi connectivity index (χ4v) is 2.17. The van der Waals surface area contributed by atoms with Crippen LogP contribution in [-0.2, 0) is 17.9 Å². The van der Waals surface area contributed by atoms with Gasteiger partial charge in [0.15, 0.2) is 0 Å². The highest BCUT2D eigenvalue weighted by Crippen LogP contribution is 2.23. The predicted molar refractivity (Wildman–Crippen MR) is 72.3 cm³/mol. The third-order valence-electron chi connectivity index (χ3n) is 3.08. The summed E-state index contributed by atoms with van der Waals surface area (Å²) in [7, 11) is 0. The maximum absolute atomic E-state index is 5.64. The van der Waals surface area contributed by atoms with Crippen LogP contribution < -0.4 is 0 Å². The second kappa shape index (κ2) is 5.37. The molecule has 92 valence electrons. The molecule has 0 aliphatic heterocycles. The van der Waals surface area contributed by atoms with Crippen molar-refractivity contribution in [2.75, 3.05) is 6.61 Å². The van der Waals surface area contributed by atoms with Gasteiger partial charge in [0, 0.05) is 18.2 Å². The Morgan fingerprint density at radius 1 is 1.24 bits per heavy atom. The number of hydrogen-bond acceptors (Lipinski definition) is 1. The van der Waals surface area contributed by atoms with Gasteiger partial charge >= 0.3 is 0 Å². The summed E-state index contributed by atoms with van der Waals surface area (Å²) in [4.78, 5) is 0. The first-order chi connectivity index (χ1) is 8.26. The molecule has 2 heteroatoms. The van der Waals surface area contributed by atoms with Gasteiger partial charge in [0.1, 0.15) is 6.73 Å². The molecule has 0 saturated heterocycles. The van der Waals surface area contributed by atoms with Crippen LogP contribution in [0.15, 0.2) is 24.4 Å². The van der Waals surface area contributed by atoms with Crippen LogP contribution in [0.5, 0.6) is 0 Å². The smallest absolute Gasteiger partial charge is 0.122 e. The highest BCUT2D eigenvalue weighted by molar-refractivity contribution is 5.84. The lowest BCUT2D eigenvalue weighted by molar-refractivity contribution is 0.0803. The quantitative estimate of drug-likeness (QED) is 0.712. The van der Waals surface area contributed by atoms with Gasteiger partial charge in [0.05, 0.1) is 5.52 Å². The maximum Gasteiger partial charge on any atom is 0.122 e. The second-order valence-corrected chi connectivity index (χ2v) is 4.54. The molecule has 0 aliphatic carbocycles. The van der Waals surface area contributed by atoms with E-state index in [1.165, 1.54) is 22.0 Å². The molecule has 0 spiro atoms. The van der Waals surface area contributed by atoms with E-state index in [-0.39, 0.29) is 0 Å². The van der Waals surface area contributed by atoms with Gasteiger partial charge < -0.3 is 9.30 Å². The molecule has 0 fully saturated rings. The fourth-order valence-electron chi connectivity index (χ4n) is 2.17. The average Bonchev–Trinajstić information content (AvgIpc) is 2.67. The van der Waals surface area contributed by atoms with Gasteiger partial charge in [0.25, 0.3) is 0 Å². The number of aryl methyl sites for hydroxylation is 2. The highest BCUT2D eigenvalue weighted by Gasteiger charge is 2.06. The van der Waals surface area contributed by atoms with E-state index in [2.05, 4.69) is 49.7 Å². The van der Waals surface area contributed by atoms with Crippen molar-refractivity contribution in [3.63, 3.8) is 0 Å².